The van der Waals surface area contributed by atoms with E-state index in [2.05, 4.69) is 0 Å². The summed E-state index contributed by atoms with van der Waals surface area (Å²) in [6, 6.07) is 17.6. The van der Waals surface area contributed by atoms with Gasteiger partial charge in [0.05, 0.1) is 4.90 Å². The van der Waals surface area contributed by atoms with Crippen LogP contribution in [0.4, 0.5) is 0 Å². The standard InChI is InChI=1S/C19H22N2O4S/c22-19(16-25-17-8-3-1-4-9-17)20-12-7-13-21(15-14-20)26(23,24)18-10-5-2-6-11-18/h1-6,8-11H,7,12-16H2. The summed E-state index contributed by atoms with van der Waals surface area (Å²) in [5, 5.41) is 0. The van der Waals surface area contributed by atoms with E-state index in [9.17, 15) is 13.2 Å². The highest BCUT2D eigenvalue weighted by atomic mass is 32.2. The third-order valence-electron chi connectivity index (χ3n) is 4.29. The molecule has 0 aromatic heterocycles. The second-order valence-electron chi connectivity index (χ2n) is 6.05. The minimum atomic E-state index is -3.53. The number of sulfonamides is 1. The highest BCUT2D eigenvalue weighted by Crippen LogP contribution is 2.17. The highest BCUT2D eigenvalue weighted by Gasteiger charge is 2.28. The number of amides is 1. The topological polar surface area (TPSA) is 66.9 Å². The van der Waals surface area contributed by atoms with Crippen LogP contribution in [0.5, 0.6) is 5.75 Å². The average molecular weight is 374 g/mol. The lowest BCUT2D eigenvalue weighted by molar-refractivity contribution is -0.133. The Morgan fingerprint density at radius 3 is 2.23 bits per heavy atom. The second-order valence-corrected chi connectivity index (χ2v) is 7.99. The van der Waals surface area contributed by atoms with Crippen molar-refractivity contribution in [1.29, 1.82) is 0 Å². The van der Waals surface area contributed by atoms with Crippen LogP contribution in [-0.2, 0) is 14.8 Å². The van der Waals surface area contributed by atoms with Gasteiger partial charge in [-0.15, -0.1) is 0 Å². The molecule has 0 N–H and O–H groups in total. The molecule has 0 spiro atoms. The number of rotatable bonds is 5. The second kappa shape index (κ2) is 8.33. The molecule has 1 aliphatic rings. The first-order valence-corrected chi connectivity index (χ1v) is 10.0. The molecule has 1 fully saturated rings. The van der Waals surface area contributed by atoms with Crippen LogP contribution in [0.25, 0.3) is 0 Å². The molecule has 1 amide bonds. The molecule has 0 unspecified atom stereocenters. The highest BCUT2D eigenvalue weighted by molar-refractivity contribution is 7.89. The molecule has 26 heavy (non-hydrogen) atoms. The predicted molar refractivity (Wildman–Crippen MR) is 98.3 cm³/mol. The molecule has 2 aromatic rings. The van der Waals surface area contributed by atoms with E-state index >= 15 is 0 Å². The van der Waals surface area contributed by atoms with Gasteiger partial charge in [-0.2, -0.15) is 4.31 Å². The van der Waals surface area contributed by atoms with Gasteiger partial charge in [0.15, 0.2) is 6.61 Å². The number of carbonyl (C=O) groups excluding carboxylic acids is 1. The smallest absolute Gasteiger partial charge is 0.260 e. The van der Waals surface area contributed by atoms with E-state index in [1.165, 1.54) is 4.31 Å². The minimum absolute atomic E-state index is 0.0462. The fourth-order valence-electron chi connectivity index (χ4n) is 2.88. The van der Waals surface area contributed by atoms with Gasteiger partial charge in [-0.1, -0.05) is 36.4 Å². The summed E-state index contributed by atoms with van der Waals surface area (Å²) in [6.45, 7) is 1.53. The van der Waals surface area contributed by atoms with Crippen LogP contribution in [0.2, 0.25) is 0 Å². The van der Waals surface area contributed by atoms with E-state index < -0.39 is 10.0 Å². The van der Waals surface area contributed by atoms with Gasteiger partial charge in [-0.05, 0) is 30.7 Å². The van der Waals surface area contributed by atoms with E-state index in [0.29, 0.717) is 31.8 Å². The van der Waals surface area contributed by atoms with Crippen LogP contribution in [0.3, 0.4) is 0 Å². The normalized spacial score (nSPS) is 16.1. The summed E-state index contributed by atoms with van der Waals surface area (Å²) in [5.74, 6) is 0.511. The Kier molecular flexibility index (Phi) is 5.90. The van der Waals surface area contributed by atoms with Crippen molar-refractivity contribution in [1.82, 2.24) is 9.21 Å². The summed E-state index contributed by atoms with van der Waals surface area (Å²) in [6.07, 6.45) is 0.600. The number of para-hydroxylation sites is 1. The van der Waals surface area contributed by atoms with Crippen molar-refractivity contribution in [3.63, 3.8) is 0 Å². The van der Waals surface area contributed by atoms with E-state index in [4.69, 9.17) is 4.74 Å². The average Bonchev–Trinajstić information content (AvgIpc) is 2.94. The minimum Gasteiger partial charge on any atom is -0.484 e. The van der Waals surface area contributed by atoms with E-state index in [1.807, 2.05) is 18.2 Å². The number of benzene rings is 2. The zero-order valence-corrected chi connectivity index (χ0v) is 15.3. The molecule has 0 bridgehead atoms. The van der Waals surface area contributed by atoms with Crippen molar-refractivity contribution >= 4 is 15.9 Å². The SMILES string of the molecule is O=C(COc1ccccc1)N1CCCN(S(=O)(=O)c2ccccc2)CC1. The third-order valence-corrected chi connectivity index (χ3v) is 6.21. The number of nitrogens with zero attached hydrogens (tertiary/aromatic N) is 2. The fourth-order valence-corrected chi connectivity index (χ4v) is 4.37. The first kappa shape index (κ1) is 18.4. The summed E-state index contributed by atoms with van der Waals surface area (Å²) in [4.78, 5) is 14.3. The Hall–Kier alpha value is -2.38. The maximum Gasteiger partial charge on any atom is 0.260 e. The van der Waals surface area contributed by atoms with E-state index in [-0.39, 0.29) is 24.0 Å². The van der Waals surface area contributed by atoms with Crippen LogP contribution in [0.15, 0.2) is 65.6 Å². The molecule has 0 radical (unpaired) electrons. The monoisotopic (exact) mass is 374 g/mol. The quantitative estimate of drug-likeness (QED) is 0.803. The third kappa shape index (κ3) is 4.42. The number of carbonyl (C=O) groups is 1. The molecule has 0 atom stereocenters. The van der Waals surface area contributed by atoms with Crippen molar-refractivity contribution in [2.24, 2.45) is 0 Å². The van der Waals surface area contributed by atoms with Gasteiger partial charge in [0, 0.05) is 26.2 Å². The summed E-state index contributed by atoms with van der Waals surface area (Å²) in [7, 11) is -3.53. The molecule has 0 saturated carbocycles. The molecule has 0 aliphatic carbocycles. The van der Waals surface area contributed by atoms with Crippen molar-refractivity contribution in [2.75, 3.05) is 32.8 Å². The van der Waals surface area contributed by atoms with Crippen LogP contribution >= 0.6 is 0 Å². The van der Waals surface area contributed by atoms with Gasteiger partial charge < -0.3 is 9.64 Å². The van der Waals surface area contributed by atoms with Crippen molar-refractivity contribution in [3.8, 4) is 5.75 Å². The maximum atomic E-state index is 12.7. The number of hydrogen-bond donors (Lipinski definition) is 0. The summed E-state index contributed by atoms with van der Waals surface area (Å²) in [5.41, 5.74) is 0. The first-order valence-electron chi connectivity index (χ1n) is 8.58. The molecular formula is C19H22N2O4S. The van der Waals surface area contributed by atoms with Crippen LogP contribution in [-0.4, -0.2) is 56.3 Å². The summed E-state index contributed by atoms with van der Waals surface area (Å²) >= 11 is 0. The first-order chi connectivity index (χ1) is 12.6. The van der Waals surface area contributed by atoms with Crippen molar-refractivity contribution in [3.05, 3.63) is 60.7 Å². The van der Waals surface area contributed by atoms with Gasteiger partial charge in [-0.3, -0.25) is 4.79 Å². The largest absolute Gasteiger partial charge is 0.484 e. The predicted octanol–water partition coefficient (Wildman–Crippen LogP) is 1.99. The lowest BCUT2D eigenvalue weighted by Gasteiger charge is -2.22. The number of ether oxygens (including phenoxy) is 1. The summed E-state index contributed by atoms with van der Waals surface area (Å²) < 4.78 is 32.4. The van der Waals surface area contributed by atoms with Gasteiger partial charge >= 0.3 is 0 Å². The Morgan fingerprint density at radius 2 is 1.54 bits per heavy atom. The molecule has 7 heteroatoms. The molecule has 1 heterocycles. The Balaban J connectivity index is 1.58. The van der Waals surface area contributed by atoms with Gasteiger partial charge in [0.1, 0.15) is 5.75 Å². The van der Waals surface area contributed by atoms with Gasteiger partial charge in [-0.25, -0.2) is 8.42 Å². The molecule has 2 aromatic carbocycles. The zero-order chi connectivity index (χ0) is 18.4. The van der Waals surface area contributed by atoms with Crippen LogP contribution in [0, 0.1) is 0 Å². The van der Waals surface area contributed by atoms with Crippen LogP contribution < -0.4 is 4.74 Å². The molecule has 1 aliphatic heterocycles. The van der Waals surface area contributed by atoms with Crippen LogP contribution in [0.1, 0.15) is 6.42 Å². The molecule has 138 valence electrons. The molecular weight excluding hydrogens is 352 g/mol. The number of hydrogen-bond acceptors (Lipinski definition) is 4. The Morgan fingerprint density at radius 1 is 0.885 bits per heavy atom. The lowest BCUT2D eigenvalue weighted by atomic mass is 10.3. The van der Waals surface area contributed by atoms with Crippen molar-refractivity contribution in [2.45, 2.75) is 11.3 Å². The van der Waals surface area contributed by atoms with E-state index in [0.717, 1.165) is 0 Å². The zero-order valence-electron chi connectivity index (χ0n) is 14.5. The molecule has 6 nitrogen and oxygen atoms in total. The van der Waals surface area contributed by atoms with Crippen molar-refractivity contribution < 1.29 is 17.9 Å². The molecule has 3 rings (SSSR count). The Bertz CT molecular complexity index is 825. The Labute approximate surface area is 154 Å². The fraction of sp³-hybridized carbons (Fsp3) is 0.316. The van der Waals surface area contributed by atoms with E-state index in [1.54, 1.807) is 47.4 Å². The lowest BCUT2D eigenvalue weighted by Crippen LogP contribution is -2.39. The molecule has 1 saturated heterocycles. The maximum absolute atomic E-state index is 12.7. The van der Waals surface area contributed by atoms with Gasteiger partial charge in [0.2, 0.25) is 10.0 Å². The van der Waals surface area contributed by atoms with Gasteiger partial charge in [0.25, 0.3) is 5.91 Å².